The molecule has 1 saturated carbocycles. The summed E-state index contributed by atoms with van der Waals surface area (Å²) in [7, 11) is 1.50. The molecule has 1 saturated heterocycles. The first-order chi connectivity index (χ1) is 12.8. The van der Waals surface area contributed by atoms with Crippen molar-refractivity contribution in [2.45, 2.75) is 33.7 Å². The van der Waals surface area contributed by atoms with E-state index in [9.17, 15) is 4.79 Å². The molecule has 4 rings (SSSR count). The third kappa shape index (κ3) is 3.04. The van der Waals surface area contributed by atoms with Crippen molar-refractivity contribution in [3.05, 3.63) is 47.8 Å². The zero-order chi connectivity index (χ0) is 19.2. The first kappa shape index (κ1) is 18.1. The molecule has 2 heterocycles. The summed E-state index contributed by atoms with van der Waals surface area (Å²) in [6.07, 6.45) is 4.71. The Balaban J connectivity index is 1.48. The number of fused-ring (bicyclic) bond motifs is 1. The SMILES string of the molecule is COC(=O)[C@@]12CN(Cc3cnc(-c4cccc(C)c4)nc3)C[C@@H]1C(C)(C)C2. The van der Waals surface area contributed by atoms with Gasteiger partial charge in [-0.2, -0.15) is 0 Å². The number of likely N-dealkylation sites (tertiary alicyclic amines) is 1. The number of aromatic nitrogens is 2. The first-order valence-corrected chi connectivity index (χ1v) is 9.53. The Bertz CT molecular complexity index is 862. The first-order valence-electron chi connectivity index (χ1n) is 9.53. The van der Waals surface area contributed by atoms with Crippen molar-refractivity contribution in [2.75, 3.05) is 20.2 Å². The van der Waals surface area contributed by atoms with Crippen LogP contribution in [0.5, 0.6) is 0 Å². The van der Waals surface area contributed by atoms with E-state index in [1.54, 1.807) is 0 Å². The summed E-state index contributed by atoms with van der Waals surface area (Å²) >= 11 is 0. The maximum absolute atomic E-state index is 12.4. The van der Waals surface area contributed by atoms with Crippen LogP contribution in [0.4, 0.5) is 0 Å². The number of aryl methyl sites for hydroxylation is 1. The number of nitrogens with zero attached hydrogens (tertiary/aromatic N) is 3. The van der Waals surface area contributed by atoms with Crippen LogP contribution in [-0.2, 0) is 16.1 Å². The van der Waals surface area contributed by atoms with Crippen molar-refractivity contribution in [2.24, 2.45) is 16.7 Å². The monoisotopic (exact) mass is 365 g/mol. The average Bonchev–Trinajstić information content (AvgIpc) is 2.96. The van der Waals surface area contributed by atoms with E-state index in [-0.39, 0.29) is 16.8 Å². The highest BCUT2D eigenvalue weighted by Crippen LogP contribution is 2.63. The van der Waals surface area contributed by atoms with E-state index in [2.05, 4.69) is 47.8 Å². The van der Waals surface area contributed by atoms with Crippen LogP contribution in [0.15, 0.2) is 36.7 Å². The molecular formula is C22H27N3O2. The van der Waals surface area contributed by atoms with Crippen LogP contribution in [0.3, 0.4) is 0 Å². The topological polar surface area (TPSA) is 55.3 Å². The second-order valence-corrected chi connectivity index (χ2v) is 8.82. The molecule has 27 heavy (non-hydrogen) atoms. The Morgan fingerprint density at radius 1 is 1.30 bits per heavy atom. The lowest BCUT2D eigenvalue weighted by atomic mass is 9.48. The van der Waals surface area contributed by atoms with Gasteiger partial charge in [0, 0.05) is 43.2 Å². The van der Waals surface area contributed by atoms with Gasteiger partial charge < -0.3 is 4.74 Å². The number of benzene rings is 1. The van der Waals surface area contributed by atoms with Gasteiger partial charge in [0.1, 0.15) is 0 Å². The second kappa shape index (κ2) is 6.41. The molecule has 142 valence electrons. The fourth-order valence-electron chi connectivity index (χ4n) is 5.22. The minimum atomic E-state index is -0.333. The third-order valence-electron chi connectivity index (χ3n) is 6.31. The Hall–Kier alpha value is -2.27. The number of hydrogen-bond donors (Lipinski definition) is 0. The highest BCUT2D eigenvalue weighted by Gasteiger charge is 2.67. The molecule has 0 radical (unpaired) electrons. The molecule has 1 aliphatic carbocycles. The van der Waals surface area contributed by atoms with Gasteiger partial charge in [-0.05, 0) is 30.7 Å². The number of hydrogen-bond acceptors (Lipinski definition) is 5. The van der Waals surface area contributed by atoms with Crippen molar-refractivity contribution < 1.29 is 9.53 Å². The molecular weight excluding hydrogens is 338 g/mol. The molecule has 5 heteroatoms. The van der Waals surface area contributed by atoms with Gasteiger partial charge >= 0.3 is 5.97 Å². The highest BCUT2D eigenvalue weighted by molar-refractivity contribution is 5.80. The van der Waals surface area contributed by atoms with E-state index in [1.807, 2.05) is 24.5 Å². The summed E-state index contributed by atoms with van der Waals surface area (Å²) in [5.41, 5.74) is 3.16. The lowest BCUT2D eigenvalue weighted by Gasteiger charge is -2.54. The second-order valence-electron chi connectivity index (χ2n) is 8.82. The Morgan fingerprint density at radius 3 is 2.67 bits per heavy atom. The fraction of sp³-hybridized carbons (Fsp3) is 0.500. The molecule has 1 aromatic carbocycles. The normalized spacial score (nSPS) is 26.3. The molecule has 5 nitrogen and oxygen atoms in total. The smallest absolute Gasteiger partial charge is 0.313 e. The van der Waals surface area contributed by atoms with Gasteiger partial charge in [-0.3, -0.25) is 9.69 Å². The number of methoxy groups -OCH3 is 1. The third-order valence-corrected chi connectivity index (χ3v) is 6.31. The predicted octanol–water partition coefficient (Wildman–Crippen LogP) is 3.47. The van der Waals surface area contributed by atoms with E-state index in [4.69, 9.17) is 4.74 Å². The van der Waals surface area contributed by atoms with Crippen molar-refractivity contribution >= 4 is 5.97 Å². The number of carbonyl (C=O) groups is 1. The number of carbonyl (C=O) groups excluding carboxylic acids is 1. The standard InChI is InChI=1S/C22H27N3O2/c1-15-6-5-7-17(8-15)19-23-9-16(10-24-19)11-25-12-18-21(2,3)13-22(18,14-25)20(26)27-4/h5-10,18H,11-14H2,1-4H3/t18-,22+/m1/s1. The highest BCUT2D eigenvalue weighted by atomic mass is 16.5. The van der Waals surface area contributed by atoms with Crippen LogP contribution in [0, 0.1) is 23.7 Å². The van der Waals surface area contributed by atoms with Gasteiger partial charge in [0.25, 0.3) is 0 Å². The Labute approximate surface area is 160 Å². The van der Waals surface area contributed by atoms with Gasteiger partial charge in [0.15, 0.2) is 5.82 Å². The lowest BCUT2D eigenvalue weighted by Crippen LogP contribution is -2.57. The zero-order valence-corrected chi connectivity index (χ0v) is 16.5. The summed E-state index contributed by atoms with van der Waals surface area (Å²) < 4.78 is 5.13. The van der Waals surface area contributed by atoms with Gasteiger partial charge in [-0.25, -0.2) is 9.97 Å². The minimum absolute atomic E-state index is 0.0552. The maximum atomic E-state index is 12.4. The lowest BCUT2D eigenvalue weighted by molar-refractivity contribution is -0.174. The van der Waals surface area contributed by atoms with E-state index in [0.717, 1.165) is 43.0 Å². The van der Waals surface area contributed by atoms with Crippen LogP contribution in [-0.4, -0.2) is 41.0 Å². The fourth-order valence-corrected chi connectivity index (χ4v) is 5.22. The van der Waals surface area contributed by atoms with E-state index < -0.39 is 0 Å². The Morgan fingerprint density at radius 2 is 2.04 bits per heavy atom. The van der Waals surface area contributed by atoms with Crippen molar-refractivity contribution in [3.8, 4) is 11.4 Å². The van der Waals surface area contributed by atoms with Gasteiger partial charge in [0.2, 0.25) is 0 Å². The Kier molecular flexibility index (Phi) is 4.30. The molecule has 2 aromatic rings. The quantitative estimate of drug-likeness (QED) is 0.777. The molecule has 2 aliphatic rings. The molecule has 0 spiro atoms. The molecule has 0 N–H and O–H groups in total. The number of esters is 1. The van der Waals surface area contributed by atoms with Crippen molar-refractivity contribution in [1.29, 1.82) is 0 Å². The van der Waals surface area contributed by atoms with Gasteiger partial charge in [-0.15, -0.1) is 0 Å². The summed E-state index contributed by atoms with van der Waals surface area (Å²) in [5.74, 6) is 1.04. The van der Waals surface area contributed by atoms with E-state index in [1.165, 1.54) is 12.7 Å². The molecule has 0 amide bonds. The molecule has 2 atom stereocenters. The molecule has 0 unspecified atom stereocenters. The van der Waals surface area contributed by atoms with Crippen LogP contribution in [0.25, 0.3) is 11.4 Å². The van der Waals surface area contributed by atoms with Crippen LogP contribution >= 0.6 is 0 Å². The molecule has 0 bridgehead atoms. The van der Waals surface area contributed by atoms with Crippen LogP contribution in [0.1, 0.15) is 31.4 Å². The maximum Gasteiger partial charge on any atom is 0.313 e. The summed E-state index contributed by atoms with van der Waals surface area (Å²) in [6, 6.07) is 8.21. The van der Waals surface area contributed by atoms with Crippen molar-refractivity contribution in [1.82, 2.24) is 14.9 Å². The molecule has 2 fully saturated rings. The van der Waals surface area contributed by atoms with Gasteiger partial charge in [0.05, 0.1) is 12.5 Å². The largest absolute Gasteiger partial charge is 0.469 e. The van der Waals surface area contributed by atoms with Crippen LogP contribution in [0.2, 0.25) is 0 Å². The summed E-state index contributed by atoms with van der Waals surface area (Å²) in [6.45, 7) is 9.01. The predicted molar refractivity (Wildman–Crippen MR) is 104 cm³/mol. The minimum Gasteiger partial charge on any atom is -0.469 e. The summed E-state index contributed by atoms with van der Waals surface area (Å²) in [4.78, 5) is 23.9. The molecule has 1 aromatic heterocycles. The summed E-state index contributed by atoms with van der Waals surface area (Å²) in [5, 5.41) is 0. The number of rotatable bonds is 4. The number of ether oxygens (including phenoxy) is 1. The van der Waals surface area contributed by atoms with E-state index >= 15 is 0 Å². The van der Waals surface area contributed by atoms with Gasteiger partial charge in [-0.1, -0.05) is 37.6 Å². The average molecular weight is 365 g/mol. The molecule has 1 aliphatic heterocycles. The van der Waals surface area contributed by atoms with Crippen molar-refractivity contribution in [3.63, 3.8) is 0 Å². The van der Waals surface area contributed by atoms with E-state index in [0.29, 0.717) is 5.92 Å². The van der Waals surface area contributed by atoms with Crippen LogP contribution < -0.4 is 0 Å². The zero-order valence-electron chi connectivity index (χ0n) is 16.5.